The van der Waals surface area contributed by atoms with Crippen LogP contribution < -0.4 is 10.4 Å². The van der Waals surface area contributed by atoms with E-state index in [0.29, 0.717) is 17.9 Å². The van der Waals surface area contributed by atoms with Gasteiger partial charge in [0.25, 0.3) is 0 Å². The van der Waals surface area contributed by atoms with Crippen LogP contribution in [-0.4, -0.2) is 24.5 Å². The Morgan fingerprint density at radius 3 is 2.33 bits per heavy atom. The van der Waals surface area contributed by atoms with E-state index >= 15 is 0 Å². The topological polar surface area (TPSA) is 95.5 Å². The maximum atomic E-state index is 12.5. The Hall–Kier alpha value is -2.37. The lowest BCUT2D eigenvalue weighted by Gasteiger charge is -2.30. The predicted octanol–water partition coefficient (Wildman–Crippen LogP) is 1.21. The van der Waals surface area contributed by atoms with E-state index in [-0.39, 0.29) is 17.7 Å². The predicted molar refractivity (Wildman–Crippen MR) is 83.8 cm³/mol. The minimum atomic E-state index is -1.12. The molecule has 0 aromatic heterocycles. The normalized spacial score (nSPS) is 27.7. The van der Waals surface area contributed by atoms with E-state index in [1.165, 1.54) is 0 Å². The van der Waals surface area contributed by atoms with Gasteiger partial charge < -0.3 is 20.0 Å². The fourth-order valence-corrected chi connectivity index (χ4v) is 4.14. The van der Waals surface area contributed by atoms with E-state index in [1.807, 2.05) is 0 Å². The molecule has 2 saturated carbocycles. The Bertz CT molecular complexity index is 654. The number of carbonyl (C=O) groups excluding carboxylic acids is 3. The molecule has 1 N–H and O–H groups in total. The zero-order valence-electron chi connectivity index (χ0n) is 13.5. The molecule has 1 aromatic rings. The van der Waals surface area contributed by atoms with Gasteiger partial charge in [-0.15, -0.1) is 0 Å². The van der Waals surface area contributed by atoms with Crippen molar-refractivity contribution in [2.75, 3.05) is 11.9 Å². The Morgan fingerprint density at radius 2 is 1.75 bits per heavy atom. The van der Waals surface area contributed by atoms with Crippen LogP contribution in [0.5, 0.6) is 0 Å². The highest BCUT2D eigenvalue weighted by Crippen LogP contribution is 2.52. The van der Waals surface area contributed by atoms with Crippen molar-refractivity contribution >= 4 is 23.5 Å². The van der Waals surface area contributed by atoms with E-state index in [2.05, 4.69) is 5.32 Å². The summed E-state index contributed by atoms with van der Waals surface area (Å²) in [7, 11) is 0. The molecule has 0 heterocycles. The molecule has 3 rings (SSSR count). The van der Waals surface area contributed by atoms with Crippen molar-refractivity contribution in [3.8, 4) is 0 Å². The smallest absolute Gasteiger partial charge is 0.338 e. The van der Waals surface area contributed by atoms with Crippen LogP contribution >= 0.6 is 0 Å². The molecule has 0 spiro atoms. The number of aliphatic carboxylic acids is 1. The first-order valence-electron chi connectivity index (χ1n) is 8.30. The Kier molecular flexibility index (Phi) is 4.55. The number of hydrogen-bond acceptors (Lipinski definition) is 5. The monoisotopic (exact) mass is 330 g/mol. The van der Waals surface area contributed by atoms with Gasteiger partial charge in [0, 0.05) is 23.5 Å². The maximum Gasteiger partial charge on any atom is 0.338 e. The molecular formula is C18H20NO5-. The molecule has 0 radical (unpaired) electrons. The minimum Gasteiger partial charge on any atom is -0.550 e. The second-order valence-corrected chi connectivity index (χ2v) is 6.49. The number of amides is 1. The summed E-state index contributed by atoms with van der Waals surface area (Å²) in [4.78, 5) is 35.6. The molecule has 1 amide bonds. The number of carboxylic acid groups (broad SMARTS) is 1. The molecule has 0 aliphatic heterocycles. The SMILES string of the molecule is CCOC(=O)c1ccc(NC(=O)[C@@H]2[C@H]3CC[C@@H](C3)[C@@H]2C(=O)[O-])cc1. The number of nitrogens with one attached hydrogen (secondary N) is 1. The fourth-order valence-electron chi connectivity index (χ4n) is 4.14. The fraction of sp³-hybridized carbons (Fsp3) is 0.500. The van der Waals surface area contributed by atoms with Gasteiger partial charge in [-0.05, 0) is 62.3 Å². The van der Waals surface area contributed by atoms with Gasteiger partial charge in [-0.2, -0.15) is 0 Å². The highest BCUT2D eigenvalue weighted by molar-refractivity contribution is 5.96. The first-order chi connectivity index (χ1) is 11.5. The lowest BCUT2D eigenvalue weighted by atomic mass is 9.78. The van der Waals surface area contributed by atoms with Gasteiger partial charge in [-0.1, -0.05) is 0 Å². The number of benzene rings is 1. The van der Waals surface area contributed by atoms with Crippen LogP contribution in [0.4, 0.5) is 5.69 Å². The second-order valence-electron chi connectivity index (χ2n) is 6.49. The van der Waals surface area contributed by atoms with Gasteiger partial charge in [0.05, 0.1) is 12.2 Å². The van der Waals surface area contributed by atoms with Crippen LogP contribution in [-0.2, 0) is 14.3 Å². The largest absolute Gasteiger partial charge is 0.550 e. The molecule has 2 bridgehead atoms. The molecule has 0 saturated heterocycles. The van der Waals surface area contributed by atoms with E-state index in [9.17, 15) is 19.5 Å². The van der Waals surface area contributed by atoms with Crippen molar-refractivity contribution in [2.45, 2.75) is 26.2 Å². The van der Waals surface area contributed by atoms with Crippen molar-refractivity contribution < 1.29 is 24.2 Å². The minimum absolute atomic E-state index is 0.0574. The number of carboxylic acids is 1. The Balaban J connectivity index is 1.68. The molecule has 1 aromatic carbocycles. The van der Waals surface area contributed by atoms with Crippen LogP contribution in [0.2, 0.25) is 0 Å². The third kappa shape index (κ3) is 3.00. The Labute approximate surface area is 140 Å². The van der Waals surface area contributed by atoms with Crippen LogP contribution in [0.15, 0.2) is 24.3 Å². The molecule has 2 fully saturated rings. The highest BCUT2D eigenvalue weighted by Gasteiger charge is 2.51. The van der Waals surface area contributed by atoms with Gasteiger partial charge in [0.1, 0.15) is 0 Å². The van der Waals surface area contributed by atoms with Crippen molar-refractivity contribution in [3.05, 3.63) is 29.8 Å². The Morgan fingerprint density at radius 1 is 1.12 bits per heavy atom. The summed E-state index contributed by atoms with van der Waals surface area (Å²) >= 11 is 0. The van der Waals surface area contributed by atoms with Crippen molar-refractivity contribution in [2.24, 2.45) is 23.7 Å². The van der Waals surface area contributed by atoms with E-state index in [1.54, 1.807) is 31.2 Å². The molecular weight excluding hydrogens is 310 g/mol. The quantitative estimate of drug-likeness (QED) is 0.819. The number of esters is 1. The van der Waals surface area contributed by atoms with Crippen LogP contribution in [0.25, 0.3) is 0 Å². The summed E-state index contributed by atoms with van der Waals surface area (Å²) < 4.78 is 4.91. The first-order valence-corrected chi connectivity index (χ1v) is 8.30. The van der Waals surface area contributed by atoms with E-state index in [4.69, 9.17) is 4.74 Å². The standard InChI is InChI=1S/C18H21NO5/c1-2-24-18(23)10-5-7-13(8-6-10)19-16(20)14-11-3-4-12(9-11)15(14)17(21)22/h5-8,11-12,14-15H,2-4,9H2,1H3,(H,19,20)(H,21,22)/p-1/t11-,12-,14+,15-/m0/s1. The van der Waals surface area contributed by atoms with Gasteiger partial charge in [0.2, 0.25) is 5.91 Å². The van der Waals surface area contributed by atoms with Crippen molar-refractivity contribution in [1.82, 2.24) is 0 Å². The molecule has 24 heavy (non-hydrogen) atoms. The third-order valence-corrected chi connectivity index (χ3v) is 5.15. The zero-order chi connectivity index (χ0) is 17.3. The third-order valence-electron chi connectivity index (χ3n) is 5.15. The number of rotatable bonds is 5. The number of ether oxygens (including phenoxy) is 1. The summed E-state index contributed by atoms with van der Waals surface area (Å²) in [6.45, 7) is 2.03. The number of hydrogen-bond donors (Lipinski definition) is 1. The summed E-state index contributed by atoms with van der Waals surface area (Å²) in [5.41, 5.74) is 0.940. The van der Waals surface area contributed by atoms with Gasteiger partial charge in [-0.3, -0.25) is 4.79 Å². The summed E-state index contributed by atoms with van der Waals surface area (Å²) in [6.07, 6.45) is 2.55. The highest BCUT2D eigenvalue weighted by atomic mass is 16.5. The molecule has 2 aliphatic carbocycles. The zero-order valence-corrected chi connectivity index (χ0v) is 13.5. The number of fused-ring (bicyclic) bond motifs is 2. The van der Waals surface area contributed by atoms with Gasteiger partial charge in [-0.25, -0.2) is 4.79 Å². The van der Waals surface area contributed by atoms with Crippen molar-refractivity contribution in [3.63, 3.8) is 0 Å². The second kappa shape index (κ2) is 6.63. The van der Waals surface area contributed by atoms with Crippen LogP contribution in [0, 0.1) is 23.7 Å². The molecule has 6 heteroatoms. The summed E-state index contributed by atoms with van der Waals surface area (Å²) in [6, 6.07) is 6.38. The van der Waals surface area contributed by atoms with Crippen molar-refractivity contribution in [1.29, 1.82) is 0 Å². The number of carbonyl (C=O) groups is 3. The van der Waals surface area contributed by atoms with Gasteiger partial charge >= 0.3 is 5.97 Å². The summed E-state index contributed by atoms with van der Waals surface area (Å²) in [5.74, 6) is -2.86. The average Bonchev–Trinajstić information content (AvgIpc) is 3.16. The van der Waals surface area contributed by atoms with Gasteiger partial charge in [0.15, 0.2) is 0 Å². The lowest BCUT2D eigenvalue weighted by molar-refractivity contribution is -0.314. The number of anilines is 1. The van der Waals surface area contributed by atoms with E-state index in [0.717, 1.165) is 19.3 Å². The van der Waals surface area contributed by atoms with Crippen LogP contribution in [0.1, 0.15) is 36.5 Å². The first kappa shape index (κ1) is 16.5. The molecule has 128 valence electrons. The molecule has 2 aliphatic rings. The summed E-state index contributed by atoms with van der Waals surface area (Å²) in [5, 5.41) is 14.2. The average molecular weight is 330 g/mol. The van der Waals surface area contributed by atoms with Crippen LogP contribution in [0.3, 0.4) is 0 Å². The van der Waals surface area contributed by atoms with E-state index < -0.39 is 23.8 Å². The molecule has 6 nitrogen and oxygen atoms in total. The molecule has 0 unspecified atom stereocenters. The lowest BCUT2D eigenvalue weighted by Crippen LogP contribution is -2.43. The molecule has 4 atom stereocenters. The maximum absolute atomic E-state index is 12.5.